The van der Waals surface area contributed by atoms with Gasteiger partial charge in [-0.15, -0.1) is 11.8 Å². The Labute approximate surface area is 148 Å². The molecule has 0 spiro atoms. The number of ether oxygens (including phenoxy) is 1. The molecule has 0 radical (unpaired) electrons. The number of fused-ring (bicyclic) bond motifs is 1. The van der Waals surface area contributed by atoms with Gasteiger partial charge in [0.05, 0.1) is 0 Å². The van der Waals surface area contributed by atoms with Crippen molar-refractivity contribution in [3.05, 3.63) is 30.3 Å². The molecular formula is C16H18N2O6S. The van der Waals surface area contributed by atoms with Crippen LogP contribution in [0.4, 0.5) is 0 Å². The van der Waals surface area contributed by atoms with Gasteiger partial charge in [-0.25, -0.2) is 4.79 Å². The van der Waals surface area contributed by atoms with E-state index in [0.717, 1.165) is 4.90 Å². The molecule has 0 aromatic heterocycles. The predicted molar refractivity (Wildman–Crippen MR) is 89.0 cm³/mol. The van der Waals surface area contributed by atoms with Gasteiger partial charge in [-0.3, -0.25) is 9.59 Å². The third-order valence-electron chi connectivity index (χ3n) is 4.16. The number of hydrogen-bond acceptors (Lipinski definition) is 6. The third-order valence-corrected chi connectivity index (χ3v) is 5.75. The molecule has 2 amide bonds. The molecule has 134 valence electrons. The van der Waals surface area contributed by atoms with Gasteiger partial charge in [0.15, 0.2) is 12.6 Å². The van der Waals surface area contributed by atoms with Gasteiger partial charge in [0.2, 0.25) is 5.91 Å². The lowest BCUT2D eigenvalue weighted by molar-refractivity contribution is -0.174. The topological polar surface area (TPSA) is 116 Å². The summed E-state index contributed by atoms with van der Waals surface area (Å²) >= 11 is 1.25. The van der Waals surface area contributed by atoms with E-state index in [1.807, 2.05) is 6.07 Å². The summed E-state index contributed by atoms with van der Waals surface area (Å²) in [6.45, 7) is 1.15. The molecule has 25 heavy (non-hydrogen) atoms. The Kier molecular flexibility index (Phi) is 4.61. The number of aliphatic carboxylic acids is 1. The van der Waals surface area contributed by atoms with E-state index in [2.05, 4.69) is 5.32 Å². The maximum atomic E-state index is 12.3. The molecule has 2 aliphatic heterocycles. The fourth-order valence-corrected chi connectivity index (χ4v) is 4.40. The second-order valence-corrected chi connectivity index (χ2v) is 7.30. The monoisotopic (exact) mass is 366 g/mol. The van der Waals surface area contributed by atoms with Crippen molar-refractivity contribution in [1.29, 1.82) is 0 Å². The summed E-state index contributed by atoms with van der Waals surface area (Å²) in [6, 6.07) is 6.66. The van der Waals surface area contributed by atoms with Gasteiger partial charge in [-0.2, -0.15) is 0 Å². The van der Waals surface area contributed by atoms with Crippen LogP contribution >= 0.6 is 11.8 Å². The molecule has 1 aromatic carbocycles. The molecule has 0 saturated carbocycles. The second kappa shape index (κ2) is 6.57. The van der Waals surface area contributed by atoms with Crippen LogP contribution in [0, 0.1) is 0 Å². The number of carboxylic acids is 1. The highest BCUT2D eigenvalue weighted by molar-refractivity contribution is 8.00. The number of carbonyl (C=O) groups excluding carboxylic acids is 2. The number of thioether (sulfide) groups is 1. The van der Waals surface area contributed by atoms with Crippen LogP contribution < -0.4 is 10.1 Å². The molecule has 2 heterocycles. The number of carboxylic acid groups (broad SMARTS) is 1. The van der Waals surface area contributed by atoms with Gasteiger partial charge >= 0.3 is 5.97 Å². The predicted octanol–water partition coefficient (Wildman–Crippen LogP) is -0.331. The number of para-hydroxylation sites is 1. The minimum atomic E-state index is -1.52. The van der Waals surface area contributed by atoms with Crippen molar-refractivity contribution in [2.75, 3.05) is 12.4 Å². The van der Waals surface area contributed by atoms with E-state index in [9.17, 15) is 24.6 Å². The molecule has 4 atom stereocenters. The quantitative estimate of drug-likeness (QED) is 0.611. The Morgan fingerprint density at radius 3 is 2.72 bits per heavy atom. The van der Waals surface area contributed by atoms with Crippen molar-refractivity contribution in [2.45, 2.75) is 30.0 Å². The van der Waals surface area contributed by atoms with E-state index in [1.165, 1.54) is 18.7 Å². The van der Waals surface area contributed by atoms with Crippen LogP contribution in [0.2, 0.25) is 0 Å². The first-order chi connectivity index (χ1) is 11.8. The van der Waals surface area contributed by atoms with Crippen LogP contribution in [0.25, 0.3) is 0 Å². The molecule has 2 saturated heterocycles. The fourth-order valence-electron chi connectivity index (χ4n) is 2.97. The largest absolute Gasteiger partial charge is 0.484 e. The summed E-state index contributed by atoms with van der Waals surface area (Å²) in [7, 11) is 0. The molecule has 2 aliphatic rings. The highest BCUT2D eigenvalue weighted by Gasteiger charge is 2.61. The molecule has 2 fully saturated rings. The van der Waals surface area contributed by atoms with E-state index in [-0.39, 0.29) is 12.4 Å². The van der Waals surface area contributed by atoms with Crippen molar-refractivity contribution >= 4 is 29.5 Å². The van der Waals surface area contributed by atoms with E-state index in [4.69, 9.17) is 4.74 Å². The number of aliphatic hydroxyl groups is 1. The Morgan fingerprint density at radius 1 is 1.40 bits per heavy atom. The maximum Gasteiger partial charge on any atom is 0.329 e. The highest BCUT2D eigenvalue weighted by atomic mass is 32.2. The van der Waals surface area contributed by atoms with E-state index < -0.39 is 40.8 Å². The summed E-state index contributed by atoms with van der Waals surface area (Å²) in [4.78, 5) is 36.8. The van der Waals surface area contributed by atoms with E-state index >= 15 is 0 Å². The van der Waals surface area contributed by atoms with E-state index in [0.29, 0.717) is 5.75 Å². The SMILES string of the molecule is CC1(O)CS[C@@H]2C(NC(=O)COc3ccccc3)C(=O)N2C1C(=O)O. The van der Waals surface area contributed by atoms with Gasteiger partial charge in [-0.1, -0.05) is 18.2 Å². The summed E-state index contributed by atoms with van der Waals surface area (Å²) in [6.07, 6.45) is 0. The molecule has 0 aliphatic carbocycles. The van der Waals surface area contributed by atoms with Gasteiger partial charge in [0.1, 0.15) is 22.8 Å². The van der Waals surface area contributed by atoms with Crippen molar-refractivity contribution < 1.29 is 29.3 Å². The summed E-state index contributed by atoms with van der Waals surface area (Å²) in [5.41, 5.74) is -1.52. The Hall–Kier alpha value is -2.26. The van der Waals surface area contributed by atoms with Crippen LogP contribution in [0.15, 0.2) is 30.3 Å². The third kappa shape index (κ3) is 3.29. The van der Waals surface area contributed by atoms with E-state index in [1.54, 1.807) is 24.3 Å². The number of β-lactam (4-membered cyclic amide) rings is 1. The summed E-state index contributed by atoms with van der Waals surface area (Å²) in [5.74, 6) is -1.55. The van der Waals surface area contributed by atoms with Gasteiger partial charge in [-0.05, 0) is 19.1 Å². The Balaban J connectivity index is 1.59. The fraction of sp³-hybridized carbons (Fsp3) is 0.438. The first-order valence-corrected chi connectivity index (χ1v) is 8.72. The standard InChI is InChI=1S/C16H18N2O6S/c1-16(23)8-25-14-11(13(20)18(14)12(16)15(21)22)17-10(19)7-24-9-5-3-2-4-6-9/h2-6,11-12,14,23H,7-8H2,1H3,(H,17,19)(H,21,22)/t11?,12?,14-,16?/m1/s1. The number of rotatable bonds is 5. The zero-order valence-electron chi connectivity index (χ0n) is 13.4. The average Bonchev–Trinajstić information content (AvgIpc) is 2.57. The zero-order chi connectivity index (χ0) is 18.2. The Morgan fingerprint density at radius 2 is 2.08 bits per heavy atom. The molecule has 9 heteroatoms. The number of amides is 2. The van der Waals surface area contributed by atoms with Crippen molar-refractivity contribution in [1.82, 2.24) is 10.2 Å². The minimum absolute atomic E-state index is 0.158. The van der Waals surface area contributed by atoms with Crippen LogP contribution in [0.3, 0.4) is 0 Å². The second-order valence-electron chi connectivity index (χ2n) is 6.19. The number of carbonyl (C=O) groups is 3. The molecule has 3 rings (SSSR count). The van der Waals surface area contributed by atoms with Gasteiger partial charge in [0, 0.05) is 5.75 Å². The maximum absolute atomic E-state index is 12.3. The summed E-state index contributed by atoms with van der Waals surface area (Å²) in [5, 5.41) is 21.6. The van der Waals surface area contributed by atoms with Crippen LogP contribution in [-0.4, -0.2) is 68.3 Å². The number of hydrogen-bond donors (Lipinski definition) is 3. The number of benzene rings is 1. The molecular weight excluding hydrogens is 348 g/mol. The first kappa shape index (κ1) is 17.6. The lowest BCUT2D eigenvalue weighted by Gasteiger charge is -2.55. The number of nitrogens with one attached hydrogen (secondary N) is 1. The van der Waals surface area contributed by atoms with Crippen LogP contribution in [0.1, 0.15) is 6.92 Å². The smallest absolute Gasteiger partial charge is 0.329 e. The first-order valence-electron chi connectivity index (χ1n) is 7.67. The minimum Gasteiger partial charge on any atom is -0.484 e. The zero-order valence-corrected chi connectivity index (χ0v) is 14.2. The van der Waals surface area contributed by atoms with Gasteiger partial charge in [0.25, 0.3) is 5.91 Å². The lowest BCUT2D eigenvalue weighted by atomic mass is 9.91. The van der Waals surface area contributed by atoms with Gasteiger partial charge < -0.3 is 25.2 Å². The van der Waals surface area contributed by atoms with Crippen molar-refractivity contribution in [3.8, 4) is 5.75 Å². The van der Waals surface area contributed by atoms with Crippen LogP contribution in [-0.2, 0) is 14.4 Å². The molecule has 8 nitrogen and oxygen atoms in total. The average molecular weight is 366 g/mol. The summed E-state index contributed by atoms with van der Waals surface area (Å²) < 4.78 is 5.32. The number of nitrogens with zero attached hydrogens (tertiary/aromatic N) is 1. The van der Waals surface area contributed by atoms with Crippen molar-refractivity contribution in [2.24, 2.45) is 0 Å². The van der Waals surface area contributed by atoms with Crippen molar-refractivity contribution in [3.63, 3.8) is 0 Å². The molecule has 0 bridgehead atoms. The normalized spacial score (nSPS) is 30.9. The lowest BCUT2D eigenvalue weighted by Crippen LogP contribution is -2.79. The molecule has 1 aromatic rings. The highest BCUT2D eigenvalue weighted by Crippen LogP contribution is 2.42. The molecule has 3 unspecified atom stereocenters. The molecule has 3 N–H and O–H groups in total. The Bertz CT molecular complexity index is 695. The van der Waals surface area contributed by atoms with Crippen LogP contribution in [0.5, 0.6) is 5.75 Å².